The molecule has 0 aliphatic heterocycles. The molecule has 0 spiro atoms. The minimum atomic E-state index is -0.106. The molecule has 1 amide bonds. The lowest BCUT2D eigenvalue weighted by atomic mass is 9.94. The van der Waals surface area contributed by atoms with E-state index in [1.54, 1.807) is 6.07 Å². The fraction of sp³-hybridized carbons (Fsp3) is 0.562. The topological polar surface area (TPSA) is 75.4 Å². The van der Waals surface area contributed by atoms with E-state index >= 15 is 0 Å². The van der Waals surface area contributed by atoms with Gasteiger partial charge in [0.25, 0.3) is 0 Å². The quantitative estimate of drug-likeness (QED) is 0.574. The van der Waals surface area contributed by atoms with Crippen LogP contribution in [0.15, 0.2) is 12.1 Å². The number of nitrogens with one attached hydrogen (secondary N) is 1. The molecule has 0 saturated heterocycles. The number of phenolic OH excluding ortho intramolecular Hbond substituents is 1. The summed E-state index contributed by atoms with van der Waals surface area (Å²) in [4.78, 5) is 12.4. The van der Waals surface area contributed by atoms with Gasteiger partial charge in [0.15, 0.2) is 0 Å². The number of phenols is 1. The van der Waals surface area contributed by atoms with E-state index in [2.05, 4.69) is 5.32 Å². The smallest absolute Gasteiger partial charge is 0.229 e. The van der Waals surface area contributed by atoms with Crippen molar-refractivity contribution in [1.82, 2.24) is 0 Å². The maximum atomic E-state index is 12.4. The Balaban J connectivity index is 2.12. The predicted molar refractivity (Wildman–Crippen MR) is 80.8 cm³/mol. The first-order valence-corrected chi connectivity index (χ1v) is 7.35. The van der Waals surface area contributed by atoms with Gasteiger partial charge in [-0.2, -0.15) is 0 Å². The third-order valence-electron chi connectivity index (χ3n) is 4.21. The van der Waals surface area contributed by atoms with Crippen molar-refractivity contribution in [3.05, 3.63) is 23.3 Å². The van der Waals surface area contributed by atoms with Gasteiger partial charge in [0, 0.05) is 11.7 Å². The number of nitrogens with two attached hydrogens (primary N) is 1. The van der Waals surface area contributed by atoms with Crippen molar-refractivity contribution in [3.8, 4) is 5.75 Å². The van der Waals surface area contributed by atoms with E-state index in [0.29, 0.717) is 0 Å². The summed E-state index contributed by atoms with van der Waals surface area (Å²) in [5.41, 5.74) is 8.52. The van der Waals surface area contributed by atoms with Gasteiger partial charge in [-0.05, 0) is 49.9 Å². The van der Waals surface area contributed by atoms with E-state index in [-0.39, 0.29) is 23.6 Å². The summed E-state index contributed by atoms with van der Waals surface area (Å²) in [5.74, 6) is 0.158. The van der Waals surface area contributed by atoms with Crippen molar-refractivity contribution in [1.29, 1.82) is 0 Å². The average Bonchev–Trinajstić information content (AvgIpc) is 2.60. The van der Waals surface area contributed by atoms with Crippen LogP contribution >= 0.6 is 0 Å². The highest BCUT2D eigenvalue weighted by Crippen LogP contribution is 2.27. The van der Waals surface area contributed by atoms with Gasteiger partial charge in [0.1, 0.15) is 5.75 Å². The second kappa shape index (κ2) is 6.27. The Morgan fingerprint density at radius 1 is 1.20 bits per heavy atom. The summed E-state index contributed by atoms with van der Waals surface area (Å²) in [6, 6.07) is 3.44. The second-order valence-electron chi connectivity index (χ2n) is 5.85. The molecule has 110 valence electrons. The third kappa shape index (κ3) is 3.31. The molecule has 2 atom stereocenters. The van der Waals surface area contributed by atoms with Crippen molar-refractivity contribution in [2.75, 3.05) is 5.32 Å². The molecule has 4 heteroatoms. The molecule has 1 aliphatic rings. The minimum absolute atomic E-state index is 0.00703. The molecule has 0 radical (unpaired) electrons. The number of benzene rings is 1. The number of anilines is 1. The van der Waals surface area contributed by atoms with Gasteiger partial charge in [-0.1, -0.05) is 19.3 Å². The van der Waals surface area contributed by atoms with Crippen LogP contribution in [0.5, 0.6) is 5.75 Å². The van der Waals surface area contributed by atoms with Gasteiger partial charge in [-0.15, -0.1) is 0 Å². The van der Waals surface area contributed by atoms with Crippen molar-refractivity contribution < 1.29 is 9.90 Å². The number of carbonyl (C=O) groups is 1. The van der Waals surface area contributed by atoms with Crippen LogP contribution in [0.3, 0.4) is 0 Å². The van der Waals surface area contributed by atoms with Gasteiger partial charge < -0.3 is 16.2 Å². The normalized spacial score (nSPS) is 23.1. The molecule has 1 aromatic carbocycles. The molecule has 4 nitrogen and oxygen atoms in total. The molecule has 1 saturated carbocycles. The molecular weight excluding hydrogens is 252 g/mol. The first kappa shape index (κ1) is 14.9. The van der Waals surface area contributed by atoms with E-state index in [4.69, 9.17) is 5.73 Å². The van der Waals surface area contributed by atoms with Gasteiger partial charge >= 0.3 is 0 Å². The van der Waals surface area contributed by atoms with Gasteiger partial charge in [0.2, 0.25) is 5.91 Å². The van der Waals surface area contributed by atoms with Gasteiger partial charge in [0.05, 0.1) is 5.92 Å². The van der Waals surface area contributed by atoms with Gasteiger partial charge in [-0.3, -0.25) is 4.79 Å². The molecule has 0 heterocycles. The number of carbonyl (C=O) groups excluding carboxylic acids is 1. The Hall–Kier alpha value is -1.55. The third-order valence-corrected chi connectivity index (χ3v) is 4.21. The molecule has 0 aromatic heterocycles. The molecular formula is C16H24N2O2. The molecule has 1 fully saturated rings. The second-order valence-corrected chi connectivity index (χ2v) is 5.85. The van der Waals surface area contributed by atoms with E-state index in [0.717, 1.165) is 48.9 Å². The lowest BCUT2D eigenvalue weighted by molar-refractivity contribution is -0.120. The zero-order valence-electron chi connectivity index (χ0n) is 12.3. The Kier molecular flexibility index (Phi) is 4.65. The standard InChI is InChI=1S/C16H24N2O2/c1-10-9-15(19)11(2)8-14(10)18-16(20)12-6-4-3-5-7-13(12)17/h8-9,12-13,19H,3-7,17H2,1-2H3,(H,18,20). The van der Waals surface area contributed by atoms with Crippen LogP contribution in [0, 0.1) is 19.8 Å². The summed E-state index contributed by atoms with van der Waals surface area (Å²) in [7, 11) is 0. The zero-order valence-corrected chi connectivity index (χ0v) is 12.3. The van der Waals surface area contributed by atoms with Crippen LogP contribution in [0.4, 0.5) is 5.69 Å². The van der Waals surface area contributed by atoms with Crippen molar-refractivity contribution in [2.24, 2.45) is 11.7 Å². The van der Waals surface area contributed by atoms with Crippen LogP contribution in [0.2, 0.25) is 0 Å². The molecule has 2 rings (SSSR count). The molecule has 0 bridgehead atoms. The summed E-state index contributed by atoms with van der Waals surface area (Å²) < 4.78 is 0. The van der Waals surface area contributed by atoms with Crippen molar-refractivity contribution in [2.45, 2.75) is 52.0 Å². The van der Waals surface area contributed by atoms with Crippen LogP contribution in [0.1, 0.15) is 43.2 Å². The lowest BCUT2D eigenvalue weighted by Gasteiger charge is -2.21. The summed E-state index contributed by atoms with van der Waals surface area (Å²) in [5, 5.41) is 12.6. The highest BCUT2D eigenvalue weighted by atomic mass is 16.3. The lowest BCUT2D eigenvalue weighted by Crippen LogP contribution is -2.37. The Morgan fingerprint density at radius 2 is 1.90 bits per heavy atom. The van der Waals surface area contributed by atoms with Crippen molar-refractivity contribution in [3.63, 3.8) is 0 Å². The molecule has 20 heavy (non-hydrogen) atoms. The maximum Gasteiger partial charge on any atom is 0.229 e. The number of aromatic hydroxyl groups is 1. The summed E-state index contributed by atoms with van der Waals surface area (Å²) in [6.07, 6.45) is 5.13. The first-order chi connectivity index (χ1) is 9.49. The molecule has 4 N–H and O–H groups in total. The molecule has 2 unspecified atom stereocenters. The highest BCUT2D eigenvalue weighted by molar-refractivity contribution is 5.94. The highest BCUT2D eigenvalue weighted by Gasteiger charge is 2.27. The summed E-state index contributed by atoms with van der Waals surface area (Å²) in [6.45, 7) is 3.70. The number of hydrogen-bond acceptors (Lipinski definition) is 3. The number of aryl methyl sites for hydroxylation is 2. The minimum Gasteiger partial charge on any atom is -0.508 e. The van der Waals surface area contributed by atoms with Crippen LogP contribution < -0.4 is 11.1 Å². The monoisotopic (exact) mass is 276 g/mol. The Morgan fingerprint density at radius 3 is 2.65 bits per heavy atom. The largest absolute Gasteiger partial charge is 0.508 e. The number of amides is 1. The van der Waals surface area contributed by atoms with Gasteiger partial charge in [-0.25, -0.2) is 0 Å². The van der Waals surface area contributed by atoms with Crippen LogP contribution in [-0.2, 0) is 4.79 Å². The fourth-order valence-corrected chi connectivity index (χ4v) is 2.82. The Labute approximate surface area is 120 Å². The molecule has 1 aromatic rings. The van der Waals surface area contributed by atoms with E-state index in [9.17, 15) is 9.90 Å². The fourth-order valence-electron chi connectivity index (χ4n) is 2.82. The first-order valence-electron chi connectivity index (χ1n) is 7.35. The van der Waals surface area contributed by atoms with Crippen molar-refractivity contribution >= 4 is 11.6 Å². The van der Waals surface area contributed by atoms with E-state index in [1.165, 1.54) is 0 Å². The SMILES string of the molecule is Cc1cc(NC(=O)C2CCCCCC2N)c(C)cc1O. The number of hydrogen-bond donors (Lipinski definition) is 3. The summed E-state index contributed by atoms with van der Waals surface area (Å²) >= 11 is 0. The van der Waals surface area contributed by atoms with E-state index in [1.807, 2.05) is 19.9 Å². The van der Waals surface area contributed by atoms with Crippen LogP contribution in [-0.4, -0.2) is 17.1 Å². The zero-order chi connectivity index (χ0) is 14.7. The van der Waals surface area contributed by atoms with Crippen LogP contribution in [0.25, 0.3) is 0 Å². The number of rotatable bonds is 2. The van der Waals surface area contributed by atoms with E-state index < -0.39 is 0 Å². The molecule has 1 aliphatic carbocycles. The Bertz CT molecular complexity index is 499. The predicted octanol–water partition coefficient (Wildman–Crippen LogP) is 2.86. The maximum absolute atomic E-state index is 12.4. The average molecular weight is 276 g/mol.